The predicted octanol–water partition coefficient (Wildman–Crippen LogP) is 1.11. The standard InChI is InChI=1S/C6H16O3SSi/c1-5-6(10)11(7-2,8-3)9-4/h6,10H,5H2,1-4H3. The van der Waals surface area contributed by atoms with Gasteiger partial charge in [0.1, 0.15) is 0 Å². The molecule has 0 aromatic heterocycles. The van der Waals surface area contributed by atoms with E-state index in [0.29, 0.717) is 0 Å². The molecule has 0 heterocycles. The molecular weight excluding hydrogens is 180 g/mol. The molecule has 0 aliphatic carbocycles. The molecule has 0 bridgehead atoms. The summed E-state index contributed by atoms with van der Waals surface area (Å²) in [6, 6.07) is 0. The lowest BCUT2D eigenvalue weighted by molar-refractivity contribution is 0.121. The van der Waals surface area contributed by atoms with Crippen LogP contribution < -0.4 is 0 Å². The number of hydrogen-bond acceptors (Lipinski definition) is 4. The molecule has 0 N–H and O–H groups in total. The fourth-order valence-electron chi connectivity index (χ4n) is 0.908. The van der Waals surface area contributed by atoms with Gasteiger partial charge in [0.05, 0.1) is 4.87 Å². The van der Waals surface area contributed by atoms with Crippen molar-refractivity contribution in [2.75, 3.05) is 21.3 Å². The monoisotopic (exact) mass is 196 g/mol. The van der Waals surface area contributed by atoms with E-state index in [4.69, 9.17) is 13.3 Å². The number of hydrogen-bond donors (Lipinski definition) is 1. The fourth-order valence-corrected chi connectivity index (χ4v) is 3.67. The summed E-state index contributed by atoms with van der Waals surface area (Å²) >= 11 is 4.34. The van der Waals surface area contributed by atoms with E-state index >= 15 is 0 Å². The van der Waals surface area contributed by atoms with Crippen molar-refractivity contribution in [3.8, 4) is 0 Å². The molecule has 5 heteroatoms. The van der Waals surface area contributed by atoms with Crippen LogP contribution in [0.3, 0.4) is 0 Å². The molecule has 1 atom stereocenters. The molecule has 0 spiro atoms. The molecule has 0 aromatic rings. The first kappa shape index (κ1) is 11.4. The van der Waals surface area contributed by atoms with Gasteiger partial charge in [-0.05, 0) is 6.42 Å². The van der Waals surface area contributed by atoms with Crippen LogP contribution in [0.5, 0.6) is 0 Å². The van der Waals surface area contributed by atoms with Crippen molar-refractivity contribution < 1.29 is 13.3 Å². The first-order chi connectivity index (χ1) is 5.16. The van der Waals surface area contributed by atoms with Crippen LogP contribution in [0.25, 0.3) is 0 Å². The molecule has 0 aromatic carbocycles. The van der Waals surface area contributed by atoms with Crippen molar-refractivity contribution >= 4 is 21.4 Å². The average molecular weight is 196 g/mol. The van der Waals surface area contributed by atoms with Crippen molar-refractivity contribution in [2.24, 2.45) is 0 Å². The molecule has 11 heavy (non-hydrogen) atoms. The summed E-state index contributed by atoms with van der Waals surface area (Å²) in [7, 11) is 2.33. The minimum Gasteiger partial charge on any atom is -0.376 e. The summed E-state index contributed by atoms with van der Waals surface area (Å²) in [5.41, 5.74) is 0. The van der Waals surface area contributed by atoms with Gasteiger partial charge in [0, 0.05) is 21.3 Å². The van der Waals surface area contributed by atoms with Gasteiger partial charge in [-0.25, -0.2) is 0 Å². The molecule has 0 amide bonds. The second kappa shape index (κ2) is 5.16. The van der Waals surface area contributed by atoms with Gasteiger partial charge in [0.25, 0.3) is 0 Å². The van der Waals surface area contributed by atoms with Crippen LogP contribution >= 0.6 is 12.6 Å². The largest absolute Gasteiger partial charge is 0.513 e. The van der Waals surface area contributed by atoms with Gasteiger partial charge in [0.2, 0.25) is 0 Å². The van der Waals surface area contributed by atoms with Gasteiger partial charge >= 0.3 is 8.80 Å². The molecule has 0 radical (unpaired) electrons. The Bertz CT molecular complexity index is 99.7. The lowest BCUT2D eigenvalue weighted by atomic mass is 10.6. The first-order valence-corrected chi connectivity index (χ1v) is 5.82. The predicted molar refractivity (Wildman–Crippen MR) is 49.8 cm³/mol. The molecule has 0 rings (SSSR count). The van der Waals surface area contributed by atoms with E-state index in [0.717, 1.165) is 6.42 Å². The topological polar surface area (TPSA) is 27.7 Å². The van der Waals surface area contributed by atoms with E-state index in [1.54, 1.807) is 21.3 Å². The quantitative estimate of drug-likeness (QED) is 0.527. The summed E-state index contributed by atoms with van der Waals surface area (Å²) in [5.74, 6) is 0. The van der Waals surface area contributed by atoms with E-state index in [9.17, 15) is 0 Å². The first-order valence-electron chi connectivity index (χ1n) is 3.50. The maximum absolute atomic E-state index is 5.21. The Labute approximate surface area is 74.8 Å². The Morgan fingerprint density at radius 3 is 1.64 bits per heavy atom. The van der Waals surface area contributed by atoms with Crippen LogP contribution in [0.15, 0.2) is 0 Å². The van der Waals surface area contributed by atoms with Crippen molar-refractivity contribution in [2.45, 2.75) is 18.2 Å². The average Bonchev–Trinajstić information content (AvgIpc) is 2.08. The third-order valence-electron chi connectivity index (χ3n) is 1.65. The molecule has 0 saturated heterocycles. The molecule has 0 aliphatic rings. The highest BCUT2D eigenvalue weighted by atomic mass is 32.1. The molecule has 68 valence electrons. The summed E-state index contributed by atoms with van der Waals surface area (Å²) in [6.07, 6.45) is 0.880. The van der Waals surface area contributed by atoms with Gasteiger partial charge in [-0.2, -0.15) is 12.6 Å². The van der Waals surface area contributed by atoms with Crippen molar-refractivity contribution in [3.63, 3.8) is 0 Å². The Balaban J connectivity index is 4.26. The minimum atomic E-state index is -2.46. The SMILES string of the molecule is CCC(S)[Si](OC)(OC)OC. The summed E-state index contributed by atoms with van der Waals surface area (Å²) in [5, 5.41) is 0. The van der Waals surface area contributed by atoms with Crippen LogP contribution in [-0.2, 0) is 13.3 Å². The highest BCUT2D eigenvalue weighted by Crippen LogP contribution is 2.19. The van der Waals surface area contributed by atoms with Gasteiger partial charge < -0.3 is 13.3 Å². The van der Waals surface area contributed by atoms with Gasteiger partial charge in [0.15, 0.2) is 0 Å². The van der Waals surface area contributed by atoms with Crippen molar-refractivity contribution in [1.29, 1.82) is 0 Å². The lowest BCUT2D eigenvalue weighted by Gasteiger charge is -2.28. The summed E-state index contributed by atoms with van der Waals surface area (Å²) in [4.78, 5) is 0.0579. The number of thiol groups is 1. The molecule has 1 unspecified atom stereocenters. The fraction of sp³-hybridized carbons (Fsp3) is 1.00. The van der Waals surface area contributed by atoms with Crippen LogP contribution in [-0.4, -0.2) is 35.0 Å². The molecular formula is C6H16O3SSi. The van der Waals surface area contributed by atoms with Crippen LogP contribution in [0, 0.1) is 0 Å². The second-order valence-corrected chi connectivity index (χ2v) is 6.38. The summed E-state index contributed by atoms with van der Waals surface area (Å²) < 4.78 is 15.6. The van der Waals surface area contributed by atoms with Crippen molar-refractivity contribution in [1.82, 2.24) is 0 Å². The van der Waals surface area contributed by atoms with Crippen LogP contribution in [0.2, 0.25) is 0 Å². The zero-order chi connectivity index (χ0) is 8.91. The van der Waals surface area contributed by atoms with Crippen LogP contribution in [0.4, 0.5) is 0 Å². The molecule has 0 fully saturated rings. The smallest absolute Gasteiger partial charge is 0.376 e. The third kappa shape index (κ3) is 2.45. The number of rotatable bonds is 5. The van der Waals surface area contributed by atoms with E-state index in [-0.39, 0.29) is 4.87 Å². The van der Waals surface area contributed by atoms with Gasteiger partial charge in [-0.15, -0.1) is 0 Å². The minimum absolute atomic E-state index is 0.0579. The Hall–Kier alpha value is 0.447. The van der Waals surface area contributed by atoms with E-state index in [1.807, 2.05) is 6.92 Å². The zero-order valence-corrected chi connectivity index (χ0v) is 9.35. The Kier molecular flexibility index (Phi) is 5.37. The Morgan fingerprint density at radius 1 is 1.18 bits per heavy atom. The van der Waals surface area contributed by atoms with Gasteiger partial charge in [-0.1, -0.05) is 6.92 Å². The Morgan fingerprint density at radius 2 is 1.55 bits per heavy atom. The highest BCUT2D eigenvalue weighted by Gasteiger charge is 2.44. The van der Waals surface area contributed by atoms with Crippen LogP contribution in [0.1, 0.15) is 13.3 Å². The molecule has 3 nitrogen and oxygen atoms in total. The summed E-state index contributed by atoms with van der Waals surface area (Å²) in [6.45, 7) is 2.02. The second-order valence-electron chi connectivity index (χ2n) is 2.14. The highest BCUT2D eigenvalue weighted by molar-refractivity contribution is 7.83. The lowest BCUT2D eigenvalue weighted by Crippen LogP contribution is -2.51. The maximum atomic E-state index is 5.21. The maximum Gasteiger partial charge on any atom is 0.513 e. The van der Waals surface area contributed by atoms with Gasteiger partial charge in [-0.3, -0.25) is 0 Å². The van der Waals surface area contributed by atoms with E-state index in [2.05, 4.69) is 12.6 Å². The third-order valence-corrected chi connectivity index (χ3v) is 5.89. The van der Waals surface area contributed by atoms with Crippen molar-refractivity contribution in [3.05, 3.63) is 0 Å². The molecule has 0 saturated carbocycles. The van der Waals surface area contributed by atoms with E-state index < -0.39 is 8.80 Å². The normalized spacial score (nSPS) is 15.0. The zero-order valence-electron chi connectivity index (χ0n) is 7.46. The van der Waals surface area contributed by atoms with E-state index in [1.165, 1.54) is 0 Å². The molecule has 0 aliphatic heterocycles.